The molecule has 122 valence electrons. The third-order valence-corrected chi connectivity index (χ3v) is 3.47. The molecule has 0 saturated heterocycles. The summed E-state index contributed by atoms with van der Waals surface area (Å²) in [6.45, 7) is 2.06. The van der Waals surface area contributed by atoms with E-state index in [1.54, 1.807) is 32.5 Å². The standard InChI is InChI=1S/C18H17N3O3/c1-3-24-18(22)16-10-12-11-19-9-8-15(12)17(21-16)20-13-4-6-14(23-2)7-5-13/h4-11H,3H2,1-2H3,(H,20,21). The van der Waals surface area contributed by atoms with Crippen LogP contribution in [0.1, 0.15) is 17.4 Å². The van der Waals surface area contributed by atoms with Gasteiger partial charge in [-0.15, -0.1) is 0 Å². The fourth-order valence-corrected chi connectivity index (χ4v) is 2.31. The summed E-state index contributed by atoms with van der Waals surface area (Å²) in [7, 11) is 1.62. The van der Waals surface area contributed by atoms with E-state index in [0.29, 0.717) is 12.4 Å². The molecular formula is C18H17N3O3. The second-order valence-corrected chi connectivity index (χ2v) is 5.03. The summed E-state index contributed by atoms with van der Waals surface area (Å²) in [5.41, 5.74) is 1.08. The zero-order valence-corrected chi connectivity index (χ0v) is 13.4. The van der Waals surface area contributed by atoms with Crippen molar-refractivity contribution in [3.8, 4) is 5.75 Å². The van der Waals surface area contributed by atoms with Crippen LogP contribution in [0.4, 0.5) is 11.5 Å². The van der Waals surface area contributed by atoms with Crippen LogP contribution in [0.25, 0.3) is 10.8 Å². The number of hydrogen-bond acceptors (Lipinski definition) is 6. The third kappa shape index (κ3) is 3.27. The first-order chi connectivity index (χ1) is 11.7. The van der Waals surface area contributed by atoms with E-state index in [9.17, 15) is 4.79 Å². The normalized spacial score (nSPS) is 10.4. The average Bonchev–Trinajstić information content (AvgIpc) is 2.62. The second-order valence-electron chi connectivity index (χ2n) is 5.03. The molecule has 3 rings (SSSR count). The predicted molar refractivity (Wildman–Crippen MR) is 91.8 cm³/mol. The summed E-state index contributed by atoms with van der Waals surface area (Å²) >= 11 is 0. The highest BCUT2D eigenvalue weighted by Crippen LogP contribution is 2.26. The van der Waals surface area contributed by atoms with E-state index < -0.39 is 5.97 Å². The number of nitrogens with one attached hydrogen (secondary N) is 1. The van der Waals surface area contributed by atoms with Crippen molar-refractivity contribution >= 4 is 28.2 Å². The van der Waals surface area contributed by atoms with Crippen molar-refractivity contribution in [1.29, 1.82) is 0 Å². The molecule has 0 bridgehead atoms. The molecule has 2 heterocycles. The van der Waals surface area contributed by atoms with Crippen molar-refractivity contribution in [1.82, 2.24) is 9.97 Å². The lowest BCUT2D eigenvalue weighted by molar-refractivity contribution is 0.0520. The molecule has 3 aromatic rings. The van der Waals surface area contributed by atoms with Crippen molar-refractivity contribution in [2.75, 3.05) is 19.0 Å². The van der Waals surface area contributed by atoms with E-state index in [2.05, 4.69) is 15.3 Å². The SMILES string of the molecule is CCOC(=O)c1cc2cnccc2c(Nc2ccc(OC)cc2)n1. The number of rotatable bonds is 5. The van der Waals surface area contributed by atoms with Gasteiger partial charge in [0.15, 0.2) is 5.69 Å². The van der Waals surface area contributed by atoms with Crippen LogP contribution in [-0.2, 0) is 4.74 Å². The van der Waals surface area contributed by atoms with Crippen molar-refractivity contribution in [3.05, 3.63) is 54.5 Å². The summed E-state index contributed by atoms with van der Waals surface area (Å²) < 4.78 is 10.2. The van der Waals surface area contributed by atoms with Crippen molar-refractivity contribution < 1.29 is 14.3 Å². The van der Waals surface area contributed by atoms with Gasteiger partial charge >= 0.3 is 5.97 Å². The van der Waals surface area contributed by atoms with Crippen LogP contribution in [0.2, 0.25) is 0 Å². The van der Waals surface area contributed by atoms with Crippen LogP contribution in [0.3, 0.4) is 0 Å². The van der Waals surface area contributed by atoms with Gasteiger partial charge in [-0.25, -0.2) is 9.78 Å². The van der Waals surface area contributed by atoms with E-state index >= 15 is 0 Å². The highest BCUT2D eigenvalue weighted by Gasteiger charge is 2.13. The predicted octanol–water partition coefficient (Wildman–Crippen LogP) is 3.56. The van der Waals surface area contributed by atoms with Gasteiger partial charge in [0.2, 0.25) is 0 Å². The van der Waals surface area contributed by atoms with Crippen molar-refractivity contribution in [2.24, 2.45) is 0 Å². The van der Waals surface area contributed by atoms with E-state index in [4.69, 9.17) is 9.47 Å². The fourth-order valence-electron chi connectivity index (χ4n) is 2.31. The van der Waals surface area contributed by atoms with Gasteiger partial charge in [0, 0.05) is 28.9 Å². The first-order valence-corrected chi connectivity index (χ1v) is 7.54. The van der Waals surface area contributed by atoms with E-state index in [1.165, 1.54) is 0 Å². The van der Waals surface area contributed by atoms with Gasteiger partial charge in [0.1, 0.15) is 11.6 Å². The smallest absolute Gasteiger partial charge is 0.357 e. The van der Waals surface area contributed by atoms with Gasteiger partial charge in [0.25, 0.3) is 0 Å². The molecule has 0 saturated carbocycles. The highest BCUT2D eigenvalue weighted by atomic mass is 16.5. The number of carbonyl (C=O) groups is 1. The monoisotopic (exact) mass is 323 g/mol. The van der Waals surface area contributed by atoms with Gasteiger partial charge in [-0.1, -0.05) is 0 Å². The van der Waals surface area contributed by atoms with Crippen LogP contribution < -0.4 is 10.1 Å². The lowest BCUT2D eigenvalue weighted by Gasteiger charge is -2.11. The summed E-state index contributed by atoms with van der Waals surface area (Å²) in [4.78, 5) is 20.5. The second kappa shape index (κ2) is 6.95. The minimum atomic E-state index is -0.457. The Morgan fingerprint density at radius 2 is 2.00 bits per heavy atom. The quantitative estimate of drug-likeness (QED) is 0.724. The fraction of sp³-hybridized carbons (Fsp3) is 0.167. The molecule has 0 atom stereocenters. The number of methoxy groups -OCH3 is 1. The van der Waals surface area contributed by atoms with Crippen LogP contribution in [0.15, 0.2) is 48.8 Å². The highest BCUT2D eigenvalue weighted by molar-refractivity contribution is 5.98. The van der Waals surface area contributed by atoms with E-state index in [0.717, 1.165) is 22.2 Å². The Balaban J connectivity index is 2.02. The van der Waals surface area contributed by atoms with Crippen LogP contribution in [0.5, 0.6) is 5.75 Å². The van der Waals surface area contributed by atoms with Gasteiger partial charge in [-0.3, -0.25) is 4.98 Å². The molecule has 2 aromatic heterocycles. The van der Waals surface area contributed by atoms with Crippen LogP contribution in [0, 0.1) is 0 Å². The topological polar surface area (TPSA) is 73.3 Å². The number of aromatic nitrogens is 2. The molecule has 0 aliphatic carbocycles. The maximum Gasteiger partial charge on any atom is 0.357 e. The zero-order chi connectivity index (χ0) is 16.9. The minimum Gasteiger partial charge on any atom is -0.497 e. The number of esters is 1. The van der Waals surface area contributed by atoms with Crippen molar-refractivity contribution in [3.63, 3.8) is 0 Å². The Hall–Kier alpha value is -3.15. The molecule has 0 fully saturated rings. The molecule has 6 heteroatoms. The number of anilines is 2. The minimum absolute atomic E-state index is 0.244. The number of benzene rings is 1. The van der Waals surface area contributed by atoms with Gasteiger partial charge in [0.05, 0.1) is 13.7 Å². The van der Waals surface area contributed by atoms with Gasteiger partial charge in [-0.05, 0) is 43.3 Å². The summed E-state index contributed by atoms with van der Waals surface area (Å²) in [6.07, 6.45) is 3.38. The summed E-state index contributed by atoms with van der Waals surface area (Å²) in [5, 5.41) is 4.91. The molecule has 0 radical (unpaired) electrons. The van der Waals surface area contributed by atoms with Crippen LogP contribution >= 0.6 is 0 Å². The maximum absolute atomic E-state index is 12.0. The first-order valence-electron chi connectivity index (χ1n) is 7.54. The molecular weight excluding hydrogens is 306 g/mol. The van der Waals surface area contributed by atoms with E-state index in [1.807, 2.05) is 30.3 Å². The molecule has 0 unspecified atom stereocenters. The molecule has 0 aliphatic heterocycles. The number of nitrogens with zero attached hydrogens (tertiary/aromatic N) is 2. The molecule has 6 nitrogen and oxygen atoms in total. The Morgan fingerprint density at radius 3 is 2.71 bits per heavy atom. The number of carbonyl (C=O) groups excluding carboxylic acids is 1. The third-order valence-electron chi connectivity index (χ3n) is 3.47. The van der Waals surface area contributed by atoms with Crippen molar-refractivity contribution in [2.45, 2.75) is 6.92 Å². The number of ether oxygens (including phenoxy) is 2. The Labute approximate surface area is 139 Å². The number of pyridine rings is 2. The summed E-state index contributed by atoms with van der Waals surface area (Å²) in [5.74, 6) is 0.881. The van der Waals surface area contributed by atoms with Gasteiger partial charge < -0.3 is 14.8 Å². The number of fused-ring (bicyclic) bond motifs is 1. The lowest BCUT2D eigenvalue weighted by atomic mass is 10.1. The Bertz CT molecular complexity index is 863. The Kier molecular flexibility index (Phi) is 4.56. The molecule has 0 amide bonds. The zero-order valence-electron chi connectivity index (χ0n) is 13.4. The van der Waals surface area contributed by atoms with E-state index in [-0.39, 0.29) is 5.69 Å². The average molecular weight is 323 g/mol. The largest absolute Gasteiger partial charge is 0.497 e. The lowest BCUT2D eigenvalue weighted by Crippen LogP contribution is -2.09. The Morgan fingerprint density at radius 1 is 1.21 bits per heavy atom. The first kappa shape index (κ1) is 15.7. The molecule has 0 aliphatic rings. The molecule has 0 spiro atoms. The van der Waals surface area contributed by atoms with Gasteiger partial charge in [-0.2, -0.15) is 0 Å². The molecule has 1 N–H and O–H groups in total. The molecule has 1 aromatic carbocycles. The number of hydrogen-bond donors (Lipinski definition) is 1. The maximum atomic E-state index is 12.0. The molecule has 24 heavy (non-hydrogen) atoms. The van der Waals surface area contributed by atoms with Crippen LogP contribution in [-0.4, -0.2) is 29.7 Å². The summed E-state index contributed by atoms with van der Waals surface area (Å²) in [6, 6.07) is 11.0.